The molecular formula is C24H40O5. The van der Waals surface area contributed by atoms with E-state index in [1.807, 2.05) is 0 Å². The minimum Gasteiger partial charge on any atom is -0.499 e. The summed E-state index contributed by atoms with van der Waals surface area (Å²) >= 11 is 0. The highest BCUT2D eigenvalue weighted by molar-refractivity contribution is 5.27. The number of hydrogen-bond donors (Lipinski definition) is 0. The molecule has 0 bridgehead atoms. The third kappa shape index (κ3) is 16.0. The molecule has 5 nitrogen and oxygen atoms in total. The van der Waals surface area contributed by atoms with Crippen LogP contribution in [-0.2, 0) is 25.4 Å². The van der Waals surface area contributed by atoms with Crippen molar-refractivity contribution in [2.45, 2.75) is 51.9 Å². The Labute approximate surface area is 177 Å². The molecule has 0 unspecified atom stereocenters. The van der Waals surface area contributed by atoms with E-state index < -0.39 is 0 Å². The van der Waals surface area contributed by atoms with Gasteiger partial charge in [0, 0.05) is 0 Å². The molecule has 0 radical (unpaired) electrons. The van der Waals surface area contributed by atoms with E-state index in [1.165, 1.54) is 50.4 Å². The Kier molecular flexibility index (Phi) is 17.3. The van der Waals surface area contributed by atoms with Gasteiger partial charge >= 0.3 is 0 Å². The molecule has 5 heteroatoms. The molecule has 0 N–H and O–H groups in total. The fraction of sp³-hybridized carbons (Fsp3) is 0.667. The van der Waals surface area contributed by atoms with Gasteiger partial charge in [0.2, 0.25) is 0 Å². The van der Waals surface area contributed by atoms with Crippen molar-refractivity contribution in [2.75, 3.05) is 52.9 Å². The maximum absolute atomic E-state index is 5.72. The van der Waals surface area contributed by atoms with Crippen molar-refractivity contribution in [1.82, 2.24) is 0 Å². The monoisotopic (exact) mass is 408 g/mol. The molecule has 0 spiro atoms. The van der Waals surface area contributed by atoms with Crippen LogP contribution in [-0.4, -0.2) is 52.9 Å². The lowest BCUT2D eigenvalue weighted by molar-refractivity contribution is 0.00265. The highest BCUT2D eigenvalue weighted by Gasteiger charge is 1.98. The number of rotatable bonds is 21. The summed E-state index contributed by atoms with van der Waals surface area (Å²) < 4.78 is 26.9. The second kappa shape index (κ2) is 19.7. The number of ether oxygens (including phenoxy) is 5. The summed E-state index contributed by atoms with van der Waals surface area (Å²) in [6.07, 6.45) is 10.6. The van der Waals surface area contributed by atoms with Crippen LogP contribution in [0.4, 0.5) is 0 Å². The Morgan fingerprint density at radius 1 is 0.690 bits per heavy atom. The maximum atomic E-state index is 5.72. The number of aryl methyl sites for hydroxylation is 1. The fourth-order valence-electron chi connectivity index (χ4n) is 2.81. The van der Waals surface area contributed by atoms with Crippen molar-refractivity contribution in [1.29, 1.82) is 0 Å². The van der Waals surface area contributed by atoms with Gasteiger partial charge in [-0.15, -0.1) is 0 Å². The van der Waals surface area contributed by atoms with Crippen molar-refractivity contribution in [2.24, 2.45) is 0 Å². The van der Waals surface area contributed by atoms with Crippen molar-refractivity contribution in [3.63, 3.8) is 0 Å². The third-order valence-corrected chi connectivity index (χ3v) is 4.45. The van der Waals surface area contributed by atoms with Crippen molar-refractivity contribution in [3.05, 3.63) is 42.7 Å². The zero-order chi connectivity index (χ0) is 20.8. The molecular weight excluding hydrogens is 368 g/mol. The van der Waals surface area contributed by atoms with Gasteiger partial charge in [0.1, 0.15) is 19.0 Å². The van der Waals surface area contributed by atoms with Gasteiger partial charge in [0.15, 0.2) is 0 Å². The number of unbranched alkanes of at least 4 members (excludes halogenated alkanes) is 5. The minimum absolute atomic E-state index is 0.522. The second-order valence-electron chi connectivity index (χ2n) is 6.88. The summed E-state index contributed by atoms with van der Waals surface area (Å²) in [5, 5.41) is 0. The van der Waals surface area contributed by atoms with Gasteiger partial charge in [0.25, 0.3) is 0 Å². The van der Waals surface area contributed by atoms with E-state index in [9.17, 15) is 0 Å². The van der Waals surface area contributed by atoms with Crippen LogP contribution in [0.2, 0.25) is 0 Å². The summed E-state index contributed by atoms with van der Waals surface area (Å²) in [6, 6.07) is 8.44. The first kappa shape index (κ1) is 25.5. The zero-order valence-corrected chi connectivity index (χ0v) is 18.2. The van der Waals surface area contributed by atoms with Gasteiger partial charge < -0.3 is 23.7 Å². The number of benzene rings is 1. The van der Waals surface area contributed by atoms with Crippen LogP contribution in [0.15, 0.2) is 37.1 Å². The molecule has 166 valence electrons. The molecule has 0 aromatic heterocycles. The van der Waals surface area contributed by atoms with E-state index in [2.05, 4.69) is 37.8 Å². The average molecular weight is 409 g/mol. The molecule has 0 fully saturated rings. The highest BCUT2D eigenvalue weighted by atomic mass is 16.6. The predicted molar refractivity (Wildman–Crippen MR) is 118 cm³/mol. The van der Waals surface area contributed by atoms with Gasteiger partial charge in [0.05, 0.1) is 45.9 Å². The lowest BCUT2D eigenvalue weighted by atomic mass is 10.0. The van der Waals surface area contributed by atoms with Crippen molar-refractivity contribution >= 4 is 0 Å². The minimum atomic E-state index is 0.522. The first-order valence-corrected chi connectivity index (χ1v) is 11.0. The van der Waals surface area contributed by atoms with E-state index >= 15 is 0 Å². The molecule has 0 amide bonds. The van der Waals surface area contributed by atoms with Gasteiger partial charge in [-0.25, -0.2) is 0 Å². The van der Waals surface area contributed by atoms with Crippen LogP contribution < -0.4 is 4.74 Å². The first-order valence-electron chi connectivity index (χ1n) is 11.0. The lowest BCUT2D eigenvalue weighted by Gasteiger charge is -2.09. The summed E-state index contributed by atoms with van der Waals surface area (Å²) in [7, 11) is 0. The van der Waals surface area contributed by atoms with E-state index in [-0.39, 0.29) is 0 Å². The molecule has 0 atom stereocenters. The van der Waals surface area contributed by atoms with Gasteiger partial charge in [-0.05, 0) is 30.5 Å². The summed E-state index contributed by atoms with van der Waals surface area (Å²) in [4.78, 5) is 0. The standard InChI is InChI=1S/C24H40O5/c1-3-5-6-7-8-9-10-23-11-13-24(14-12-23)29-22-21-28-20-19-27-18-17-26-16-15-25-4-2/h4,11-14H,2-3,5-10,15-22H2,1H3. The summed E-state index contributed by atoms with van der Waals surface area (Å²) in [5.41, 5.74) is 1.39. The molecule has 0 saturated heterocycles. The van der Waals surface area contributed by atoms with Gasteiger partial charge in [-0.1, -0.05) is 57.7 Å². The molecule has 0 aliphatic carbocycles. The Balaban J connectivity index is 1.90. The maximum Gasteiger partial charge on any atom is 0.119 e. The van der Waals surface area contributed by atoms with Crippen LogP contribution in [0.5, 0.6) is 5.75 Å². The zero-order valence-electron chi connectivity index (χ0n) is 18.2. The van der Waals surface area contributed by atoms with Crippen molar-refractivity contribution < 1.29 is 23.7 Å². The SMILES string of the molecule is C=COCCOCCOCCOCCOc1ccc(CCCCCCCC)cc1. The molecule has 0 heterocycles. The average Bonchev–Trinajstić information content (AvgIpc) is 2.75. The predicted octanol–water partition coefficient (Wildman–Crippen LogP) is 5.18. The van der Waals surface area contributed by atoms with E-state index in [1.54, 1.807) is 0 Å². The third-order valence-electron chi connectivity index (χ3n) is 4.45. The molecule has 1 aromatic rings. The molecule has 0 aliphatic rings. The van der Waals surface area contributed by atoms with Crippen LogP contribution >= 0.6 is 0 Å². The van der Waals surface area contributed by atoms with Crippen molar-refractivity contribution in [3.8, 4) is 5.75 Å². The second-order valence-corrected chi connectivity index (χ2v) is 6.88. The topological polar surface area (TPSA) is 46.2 Å². The normalized spacial score (nSPS) is 10.8. The van der Waals surface area contributed by atoms with Crippen LogP contribution in [0.1, 0.15) is 51.0 Å². The van der Waals surface area contributed by atoms with Crippen LogP contribution in [0.3, 0.4) is 0 Å². The smallest absolute Gasteiger partial charge is 0.119 e. The molecule has 1 rings (SSSR count). The van der Waals surface area contributed by atoms with Gasteiger partial charge in [-0.3, -0.25) is 0 Å². The molecule has 29 heavy (non-hydrogen) atoms. The van der Waals surface area contributed by atoms with Crippen LogP contribution in [0.25, 0.3) is 0 Å². The molecule has 0 saturated carbocycles. The number of hydrogen-bond acceptors (Lipinski definition) is 5. The summed E-state index contributed by atoms with van der Waals surface area (Å²) in [6.45, 7) is 10.1. The Morgan fingerprint density at radius 3 is 1.86 bits per heavy atom. The highest BCUT2D eigenvalue weighted by Crippen LogP contribution is 2.15. The Morgan fingerprint density at radius 2 is 1.24 bits per heavy atom. The lowest BCUT2D eigenvalue weighted by Crippen LogP contribution is -2.13. The first-order chi connectivity index (χ1) is 14.4. The largest absolute Gasteiger partial charge is 0.499 e. The Bertz CT molecular complexity index is 475. The summed E-state index contributed by atoms with van der Waals surface area (Å²) in [5.74, 6) is 0.897. The molecule has 0 aliphatic heterocycles. The van der Waals surface area contributed by atoms with E-state index in [4.69, 9.17) is 23.7 Å². The van der Waals surface area contributed by atoms with Crippen LogP contribution in [0, 0.1) is 0 Å². The Hall–Kier alpha value is -1.56. The molecule has 1 aromatic carbocycles. The quantitative estimate of drug-likeness (QED) is 0.207. The van der Waals surface area contributed by atoms with E-state index in [0.29, 0.717) is 52.9 Å². The van der Waals surface area contributed by atoms with Gasteiger partial charge in [-0.2, -0.15) is 0 Å². The fourth-order valence-corrected chi connectivity index (χ4v) is 2.81. The van der Waals surface area contributed by atoms with E-state index in [0.717, 1.165) is 12.2 Å².